The van der Waals surface area contributed by atoms with Crippen LogP contribution in [0.3, 0.4) is 0 Å². The Labute approximate surface area is 173 Å². The molecule has 0 unspecified atom stereocenters. The van der Waals surface area contributed by atoms with Crippen LogP contribution in [0.5, 0.6) is 0 Å². The van der Waals surface area contributed by atoms with E-state index in [2.05, 4.69) is 48.4 Å². The van der Waals surface area contributed by atoms with Gasteiger partial charge in [-0.25, -0.2) is 15.0 Å². The average Bonchev–Trinajstić information content (AvgIpc) is 3.03. The molecule has 0 atom stereocenters. The zero-order valence-corrected chi connectivity index (χ0v) is 17.2. The van der Waals surface area contributed by atoms with Gasteiger partial charge in [-0.1, -0.05) is 0 Å². The number of anilines is 3. The lowest BCUT2D eigenvalue weighted by atomic mass is 10.1. The van der Waals surface area contributed by atoms with Crippen LogP contribution in [0.4, 0.5) is 26.4 Å². The summed E-state index contributed by atoms with van der Waals surface area (Å²) < 4.78 is 31.6. The Hall–Kier alpha value is -2.88. The van der Waals surface area contributed by atoms with Gasteiger partial charge in [-0.2, -0.15) is 13.8 Å². The van der Waals surface area contributed by atoms with E-state index in [0.717, 1.165) is 16.9 Å². The third-order valence-electron chi connectivity index (χ3n) is 5.19. The first-order valence-electron chi connectivity index (χ1n) is 10.0. The van der Waals surface area contributed by atoms with Crippen LogP contribution < -0.4 is 10.2 Å². The number of piperidine rings is 1. The second kappa shape index (κ2) is 8.47. The van der Waals surface area contributed by atoms with Gasteiger partial charge in [-0.3, -0.25) is 0 Å². The van der Waals surface area contributed by atoms with Crippen LogP contribution in [0.25, 0.3) is 11.0 Å². The van der Waals surface area contributed by atoms with Crippen molar-refractivity contribution in [3.63, 3.8) is 0 Å². The normalized spacial score (nSPS) is 15.5. The Kier molecular flexibility index (Phi) is 5.76. The van der Waals surface area contributed by atoms with Crippen molar-refractivity contribution in [1.29, 1.82) is 0 Å². The summed E-state index contributed by atoms with van der Waals surface area (Å²) in [6.07, 6.45) is 4.03. The zero-order valence-electron chi connectivity index (χ0n) is 17.2. The molecule has 0 bridgehead atoms. The largest absolute Gasteiger partial charge is 0.345 e. The van der Waals surface area contributed by atoms with Gasteiger partial charge in [0.15, 0.2) is 0 Å². The van der Waals surface area contributed by atoms with Crippen molar-refractivity contribution in [2.24, 2.45) is 0 Å². The molecule has 0 saturated carbocycles. The molecule has 0 radical (unpaired) electrons. The van der Waals surface area contributed by atoms with Crippen LogP contribution in [0.15, 0.2) is 24.5 Å². The number of hydrogen-bond donors (Lipinski definition) is 1. The van der Waals surface area contributed by atoms with Gasteiger partial charge in [0.05, 0.1) is 17.8 Å². The van der Waals surface area contributed by atoms with Crippen LogP contribution in [-0.2, 0) is 4.74 Å². The molecule has 4 rings (SSSR count). The van der Waals surface area contributed by atoms with E-state index in [1.54, 1.807) is 18.5 Å². The predicted octanol–water partition coefficient (Wildman–Crippen LogP) is 4.06. The Morgan fingerprint density at radius 2 is 1.90 bits per heavy atom. The molecular formula is C20H25F2N7O. The van der Waals surface area contributed by atoms with Crippen molar-refractivity contribution in [2.75, 3.05) is 23.3 Å². The van der Waals surface area contributed by atoms with Gasteiger partial charge in [0.1, 0.15) is 23.0 Å². The standard InChI is InChI=1S/C20H25F2N7O/c1-12(2)29-13(3)25-15-11-24-18(10-16(15)29)26-17-4-7-23-20(27-17)28-8-5-14(6-9-28)30-19(21)22/h4,7,10-12,14,19H,5-6,8-9H2,1-3H3,(H,23,24,26,27). The van der Waals surface area contributed by atoms with E-state index >= 15 is 0 Å². The number of nitrogens with one attached hydrogen (secondary N) is 1. The maximum absolute atomic E-state index is 12.4. The van der Waals surface area contributed by atoms with Crippen molar-refractivity contribution in [3.05, 3.63) is 30.4 Å². The maximum atomic E-state index is 12.4. The molecular weight excluding hydrogens is 392 g/mol. The molecule has 1 fully saturated rings. The molecule has 3 aromatic rings. The summed E-state index contributed by atoms with van der Waals surface area (Å²) in [7, 11) is 0. The number of halogens is 2. The summed E-state index contributed by atoms with van der Waals surface area (Å²) in [6.45, 7) is 4.63. The third kappa shape index (κ3) is 4.33. The first kappa shape index (κ1) is 20.4. The fourth-order valence-electron chi connectivity index (χ4n) is 3.88. The first-order valence-corrected chi connectivity index (χ1v) is 10.0. The third-order valence-corrected chi connectivity index (χ3v) is 5.19. The molecule has 4 heterocycles. The van der Waals surface area contributed by atoms with Crippen LogP contribution >= 0.6 is 0 Å². The molecule has 3 aromatic heterocycles. The van der Waals surface area contributed by atoms with Crippen LogP contribution in [-0.4, -0.2) is 50.3 Å². The summed E-state index contributed by atoms with van der Waals surface area (Å²) in [4.78, 5) is 19.9. The quantitative estimate of drug-likeness (QED) is 0.648. The summed E-state index contributed by atoms with van der Waals surface area (Å²) in [5, 5.41) is 3.23. The molecule has 1 aliphatic rings. The van der Waals surface area contributed by atoms with Gasteiger partial charge in [0, 0.05) is 31.4 Å². The number of fused-ring (bicyclic) bond motifs is 1. The van der Waals surface area contributed by atoms with Gasteiger partial charge < -0.3 is 19.5 Å². The van der Waals surface area contributed by atoms with Gasteiger partial charge in [-0.15, -0.1) is 0 Å². The van der Waals surface area contributed by atoms with Crippen LogP contribution in [0, 0.1) is 6.92 Å². The monoisotopic (exact) mass is 417 g/mol. The number of alkyl halides is 2. The molecule has 160 valence electrons. The highest BCUT2D eigenvalue weighted by Crippen LogP contribution is 2.25. The number of imidazole rings is 1. The summed E-state index contributed by atoms with van der Waals surface area (Å²) >= 11 is 0. The lowest BCUT2D eigenvalue weighted by Crippen LogP contribution is -2.38. The topological polar surface area (TPSA) is 81.0 Å². The van der Waals surface area contributed by atoms with Crippen molar-refractivity contribution < 1.29 is 13.5 Å². The van der Waals surface area contributed by atoms with Crippen LogP contribution in [0.1, 0.15) is 38.6 Å². The number of nitrogens with zero attached hydrogens (tertiary/aromatic N) is 6. The SMILES string of the molecule is Cc1nc2cnc(Nc3ccnc(N4CCC(OC(F)F)CC4)n3)cc2n1C(C)C. The summed E-state index contributed by atoms with van der Waals surface area (Å²) in [5.41, 5.74) is 1.86. The molecule has 0 spiro atoms. The minimum atomic E-state index is -2.73. The minimum Gasteiger partial charge on any atom is -0.341 e. The smallest absolute Gasteiger partial charge is 0.341 e. The molecule has 0 aromatic carbocycles. The molecule has 1 saturated heterocycles. The molecule has 0 aliphatic carbocycles. The number of rotatable bonds is 6. The van der Waals surface area contributed by atoms with E-state index in [-0.39, 0.29) is 6.04 Å². The van der Waals surface area contributed by atoms with E-state index in [0.29, 0.717) is 43.5 Å². The molecule has 8 nitrogen and oxygen atoms in total. The van der Waals surface area contributed by atoms with Crippen molar-refractivity contribution in [2.45, 2.75) is 52.4 Å². The number of pyridine rings is 1. The Morgan fingerprint density at radius 3 is 2.60 bits per heavy atom. The Morgan fingerprint density at radius 1 is 1.13 bits per heavy atom. The molecule has 10 heteroatoms. The second-order valence-corrected chi connectivity index (χ2v) is 7.63. The van der Waals surface area contributed by atoms with E-state index < -0.39 is 12.7 Å². The summed E-state index contributed by atoms with van der Waals surface area (Å²) in [6, 6.07) is 4.02. The Balaban J connectivity index is 1.49. The lowest BCUT2D eigenvalue weighted by molar-refractivity contribution is -0.166. The molecule has 1 aliphatic heterocycles. The predicted molar refractivity (Wildman–Crippen MR) is 110 cm³/mol. The fourth-order valence-corrected chi connectivity index (χ4v) is 3.88. The minimum absolute atomic E-state index is 0.285. The summed E-state index contributed by atoms with van der Waals surface area (Å²) in [5.74, 6) is 2.78. The number of ether oxygens (including phenoxy) is 1. The van der Waals surface area contributed by atoms with E-state index in [1.807, 2.05) is 17.9 Å². The van der Waals surface area contributed by atoms with E-state index in [9.17, 15) is 8.78 Å². The molecule has 30 heavy (non-hydrogen) atoms. The number of aryl methyl sites for hydroxylation is 1. The number of hydrogen-bond acceptors (Lipinski definition) is 7. The van der Waals surface area contributed by atoms with Gasteiger partial charge in [0.25, 0.3) is 0 Å². The van der Waals surface area contributed by atoms with E-state index in [4.69, 9.17) is 0 Å². The van der Waals surface area contributed by atoms with Gasteiger partial charge in [0.2, 0.25) is 5.95 Å². The van der Waals surface area contributed by atoms with Crippen molar-refractivity contribution in [1.82, 2.24) is 24.5 Å². The maximum Gasteiger partial charge on any atom is 0.345 e. The second-order valence-electron chi connectivity index (χ2n) is 7.63. The Bertz CT molecular complexity index is 1020. The van der Waals surface area contributed by atoms with E-state index in [1.165, 1.54) is 0 Å². The van der Waals surface area contributed by atoms with Gasteiger partial charge in [-0.05, 0) is 39.7 Å². The lowest BCUT2D eigenvalue weighted by Gasteiger charge is -2.31. The number of aromatic nitrogens is 5. The molecule has 1 N–H and O–H groups in total. The highest BCUT2D eigenvalue weighted by molar-refractivity contribution is 5.79. The zero-order chi connectivity index (χ0) is 21.3. The van der Waals surface area contributed by atoms with Crippen molar-refractivity contribution in [3.8, 4) is 0 Å². The van der Waals surface area contributed by atoms with Gasteiger partial charge >= 0.3 is 6.61 Å². The first-order chi connectivity index (χ1) is 14.4. The average molecular weight is 417 g/mol. The van der Waals surface area contributed by atoms with Crippen molar-refractivity contribution >= 4 is 28.6 Å². The highest BCUT2D eigenvalue weighted by atomic mass is 19.3. The highest BCUT2D eigenvalue weighted by Gasteiger charge is 2.24. The fraction of sp³-hybridized carbons (Fsp3) is 0.500. The van der Waals surface area contributed by atoms with Crippen LogP contribution in [0.2, 0.25) is 0 Å². The molecule has 0 amide bonds.